The molecule has 2 aromatic carbocycles. The van der Waals surface area contributed by atoms with Crippen molar-refractivity contribution in [2.45, 2.75) is 19.4 Å². The molecule has 110 valence electrons. The van der Waals surface area contributed by atoms with Crippen LogP contribution < -0.4 is 4.74 Å². The van der Waals surface area contributed by atoms with E-state index in [0.717, 1.165) is 16.9 Å². The lowest BCUT2D eigenvalue weighted by molar-refractivity contribution is -0.144. The van der Waals surface area contributed by atoms with Gasteiger partial charge in [-0.15, -0.1) is 0 Å². The summed E-state index contributed by atoms with van der Waals surface area (Å²) in [6.07, 6.45) is 0.878. The third kappa shape index (κ3) is 4.50. The van der Waals surface area contributed by atoms with Crippen molar-refractivity contribution in [3.63, 3.8) is 0 Å². The van der Waals surface area contributed by atoms with Crippen LogP contribution in [0.2, 0.25) is 5.02 Å². The van der Waals surface area contributed by atoms with Crippen LogP contribution in [-0.4, -0.2) is 13.1 Å². The second kappa shape index (κ2) is 7.70. The van der Waals surface area contributed by atoms with Crippen LogP contribution in [0.25, 0.3) is 0 Å². The van der Waals surface area contributed by atoms with Crippen LogP contribution >= 0.6 is 11.6 Å². The largest absolute Gasteiger partial charge is 0.496 e. The lowest BCUT2D eigenvalue weighted by atomic mass is 10.1. The molecule has 0 aliphatic rings. The highest BCUT2D eigenvalue weighted by atomic mass is 35.5. The molecule has 0 saturated carbocycles. The molecule has 0 amide bonds. The minimum absolute atomic E-state index is 0.214. The Morgan fingerprint density at radius 1 is 1.05 bits per heavy atom. The number of aryl methyl sites for hydroxylation is 1. The van der Waals surface area contributed by atoms with Crippen LogP contribution in [0.15, 0.2) is 48.5 Å². The van der Waals surface area contributed by atoms with Crippen molar-refractivity contribution in [1.29, 1.82) is 0 Å². The fourth-order valence-corrected chi connectivity index (χ4v) is 2.22. The van der Waals surface area contributed by atoms with E-state index in [1.165, 1.54) is 0 Å². The number of carbonyl (C=O) groups is 1. The standard InChI is InChI=1S/C17H17ClO3/c1-20-16-9-5-3-7-14(16)12-21-17(19)11-10-13-6-2-4-8-15(13)18/h2-9H,10-12H2,1H3. The monoisotopic (exact) mass is 304 g/mol. The van der Waals surface area contributed by atoms with E-state index < -0.39 is 0 Å². The lowest BCUT2D eigenvalue weighted by Gasteiger charge is -2.09. The number of ether oxygens (including phenoxy) is 2. The predicted octanol–water partition coefficient (Wildman–Crippen LogP) is 4.02. The first-order chi connectivity index (χ1) is 10.2. The summed E-state index contributed by atoms with van der Waals surface area (Å²) < 4.78 is 10.5. The molecule has 3 nitrogen and oxygen atoms in total. The summed E-state index contributed by atoms with van der Waals surface area (Å²) in [4.78, 5) is 11.8. The number of carbonyl (C=O) groups excluding carboxylic acids is 1. The quantitative estimate of drug-likeness (QED) is 0.756. The number of benzene rings is 2. The number of hydrogen-bond donors (Lipinski definition) is 0. The van der Waals surface area contributed by atoms with Gasteiger partial charge in [0.05, 0.1) is 7.11 Å². The van der Waals surface area contributed by atoms with Crippen LogP contribution in [0.5, 0.6) is 5.75 Å². The Bertz CT molecular complexity index is 610. The van der Waals surface area contributed by atoms with E-state index in [0.29, 0.717) is 17.9 Å². The molecule has 0 aromatic heterocycles. The minimum Gasteiger partial charge on any atom is -0.496 e. The van der Waals surface area contributed by atoms with E-state index in [9.17, 15) is 4.79 Å². The van der Waals surface area contributed by atoms with Gasteiger partial charge in [0.25, 0.3) is 0 Å². The van der Waals surface area contributed by atoms with Gasteiger partial charge in [-0.1, -0.05) is 48.0 Å². The van der Waals surface area contributed by atoms with Crippen LogP contribution in [-0.2, 0) is 22.6 Å². The fourth-order valence-electron chi connectivity index (χ4n) is 1.99. The fraction of sp³-hybridized carbons (Fsp3) is 0.235. The van der Waals surface area contributed by atoms with Gasteiger partial charge in [-0.05, 0) is 24.1 Å². The van der Waals surface area contributed by atoms with Crippen LogP contribution in [0.1, 0.15) is 17.5 Å². The molecule has 0 saturated heterocycles. The zero-order chi connectivity index (χ0) is 15.1. The molecule has 0 aliphatic heterocycles. The Kier molecular flexibility index (Phi) is 5.64. The van der Waals surface area contributed by atoms with Crippen molar-refractivity contribution in [2.24, 2.45) is 0 Å². The van der Waals surface area contributed by atoms with E-state index in [4.69, 9.17) is 21.1 Å². The Morgan fingerprint density at radius 2 is 1.71 bits per heavy atom. The van der Waals surface area contributed by atoms with Gasteiger partial charge >= 0.3 is 5.97 Å². The third-order valence-corrected chi connectivity index (χ3v) is 3.51. The van der Waals surface area contributed by atoms with Crippen molar-refractivity contribution in [3.05, 3.63) is 64.7 Å². The Labute approximate surface area is 129 Å². The van der Waals surface area contributed by atoms with E-state index >= 15 is 0 Å². The van der Waals surface area contributed by atoms with Gasteiger partial charge < -0.3 is 9.47 Å². The first kappa shape index (κ1) is 15.4. The molecule has 0 atom stereocenters. The van der Waals surface area contributed by atoms with E-state index in [1.807, 2.05) is 48.5 Å². The van der Waals surface area contributed by atoms with Gasteiger partial charge in [0.1, 0.15) is 12.4 Å². The average Bonchev–Trinajstić information content (AvgIpc) is 2.52. The number of methoxy groups -OCH3 is 1. The minimum atomic E-state index is -0.249. The molecule has 0 radical (unpaired) electrons. The first-order valence-electron chi connectivity index (χ1n) is 6.71. The molecule has 0 N–H and O–H groups in total. The van der Waals surface area contributed by atoms with Gasteiger partial charge in [-0.2, -0.15) is 0 Å². The van der Waals surface area contributed by atoms with Crippen LogP contribution in [0.3, 0.4) is 0 Å². The summed E-state index contributed by atoms with van der Waals surface area (Å²) in [5.41, 5.74) is 1.81. The topological polar surface area (TPSA) is 35.5 Å². The van der Waals surface area contributed by atoms with Crippen LogP contribution in [0.4, 0.5) is 0 Å². The number of rotatable bonds is 6. The molecule has 4 heteroatoms. The molecule has 21 heavy (non-hydrogen) atoms. The van der Waals surface area contributed by atoms with Gasteiger partial charge in [0, 0.05) is 17.0 Å². The molecule has 0 spiro atoms. The zero-order valence-electron chi connectivity index (χ0n) is 11.8. The molecule has 0 unspecified atom stereocenters. The van der Waals surface area contributed by atoms with Gasteiger partial charge in [-0.3, -0.25) is 4.79 Å². The normalized spacial score (nSPS) is 10.2. The van der Waals surface area contributed by atoms with E-state index in [1.54, 1.807) is 7.11 Å². The molecular formula is C17H17ClO3. The van der Waals surface area contributed by atoms with E-state index in [-0.39, 0.29) is 12.6 Å². The Morgan fingerprint density at radius 3 is 2.43 bits per heavy atom. The van der Waals surface area contributed by atoms with Crippen molar-refractivity contribution >= 4 is 17.6 Å². The SMILES string of the molecule is COc1ccccc1COC(=O)CCc1ccccc1Cl. The van der Waals surface area contributed by atoms with Gasteiger partial charge in [0.15, 0.2) is 0 Å². The zero-order valence-corrected chi connectivity index (χ0v) is 12.6. The molecule has 2 aromatic rings. The average molecular weight is 305 g/mol. The maximum atomic E-state index is 11.8. The van der Waals surface area contributed by atoms with Crippen molar-refractivity contribution in [2.75, 3.05) is 7.11 Å². The maximum Gasteiger partial charge on any atom is 0.306 e. The number of hydrogen-bond acceptors (Lipinski definition) is 3. The number of para-hydroxylation sites is 1. The summed E-state index contributed by atoms with van der Waals surface area (Å²) in [5, 5.41) is 0.676. The van der Waals surface area contributed by atoms with Crippen LogP contribution in [0, 0.1) is 0 Å². The molecular weight excluding hydrogens is 288 g/mol. The van der Waals surface area contributed by atoms with Gasteiger partial charge in [-0.25, -0.2) is 0 Å². The lowest BCUT2D eigenvalue weighted by Crippen LogP contribution is -2.06. The molecule has 2 rings (SSSR count). The Hall–Kier alpha value is -2.00. The molecule has 0 fully saturated rings. The highest BCUT2D eigenvalue weighted by Crippen LogP contribution is 2.19. The highest BCUT2D eigenvalue weighted by molar-refractivity contribution is 6.31. The first-order valence-corrected chi connectivity index (χ1v) is 7.09. The van der Waals surface area contributed by atoms with Gasteiger partial charge in [0.2, 0.25) is 0 Å². The summed E-state index contributed by atoms with van der Waals surface area (Å²) in [6, 6.07) is 15.0. The van der Waals surface area contributed by atoms with E-state index in [2.05, 4.69) is 0 Å². The second-order valence-corrected chi connectivity index (χ2v) is 4.97. The predicted molar refractivity (Wildman–Crippen MR) is 82.6 cm³/mol. The highest BCUT2D eigenvalue weighted by Gasteiger charge is 2.08. The molecule has 0 heterocycles. The number of halogens is 1. The number of esters is 1. The van der Waals surface area contributed by atoms with Crippen molar-refractivity contribution in [3.8, 4) is 5.75 Å². The summed E-state index contributed by atoms with van der Waals surface area (Å²) in [6.45, 7) is 0.214. The Balaban J connectivity index is 1.84. The molecule has 0 bridgehead atoms. The maximum absolute atomic E-state index is 11.8. The summed E-state index contributed by atoms with van der Waals surface area (Å²) >= 11 is 6.05. The third-order valence-electron chi connectivity index (χ3n) is 3.14. The summed E-state index contributed by atoms with van der Waals surface area (Å²) in [5.74, 6) is 0.470. The van der Waals surface area contributed by atoms with Crippen molar-refractivity contribution < 1.29 is 14.3 Å². The van der Waals surface area contributed by atoms with Crippen molar-refractivity contribution in [1.82, 2.24) is 0 Å². The smallest absolute Gasteiger partial charge is 0.306 e. The molecule has 0 aliphatic carbocycles. The second-order valence-electron chi connectivity index (χ2n) is 4.56. The summed E-state index contributed by atoms with van der Waals surface area (Å²) in [7, 11) is 1.60.